The normalized spacial score (nSPS) is 18.0. The van der Waals surface area contributed by atoms with Crippen molar-refractivity contribution < 1.29 is 5.11 Å². The summed E-state index contributed by atoms with van der Waals surface area (Å²) in [7, 11) is 0. The van der Waals surface area contributed by atoms with Gasteiger partial charge in [-0.1, -0.05) is 24.3 Å². The van der Waals surface area contributed by atoms with Crippen LogP contribution in [0.15, 0.2) is 48.3 Å². The molecule has 1 aromatic carbocycles. The Kier molecular flexibility index (Phi) is 4.24. The number of aryl methyl sites for hydroxylation is 1. The molecule has 1 aliphatic heterocycles. The molecule has 0 bridgehead atoms. The monoisotopic (exact) mass is 334 g/mol. The van der Waals surface area contributed by atoms with Crippen molar-refractivity contribution in [2.45, 2.75) is 13.3 Å². The number of nitrogens with one attached hydrogen (secondary N) is 1. The Bertz CT molecular complexity index is 892. The average molecular weight is 334 g/mol. The van der Waals surface area contributed by atoms with Crippen molar-refractivity contribution in [2.24, 2.45) is 0 Å². The van der Waals surface area contributed by atoms with Crippen molar-refractivity contribution in [2.75, 3.05) is 31.1 Å². The van der Waals surface area contributed by atoms with E-state index < -0.39 is 0 Å². The van der Waals surface area contributed by atoms with Gasteiger partial charge in [0.25, 0.3) is 0 Å². The summed E-state index contributed by atoms with van der Waals surface area (Å²) in [6.45, 7) is 5.80. The molecule has 1 saturated heterocycles. The minimum atomic E-state index is 0.215. The first-order valence-corrected chi connectivity index (χ1v) is 8.73. The summed E-state index contributed by atoms with van der Waals surface area (Å²) in [5, 5.41) is 14.8. The van der Waals surface area contributed by atoms with Crippen LogP contribution in [0.25, 0.3) is 16.5 Å². The van der Waals surface area contributed by atoms with Gasteiger partial charge in [-0.2, -0.15) is 0 Å². The SMILES string of the molecule is Cc1ccc2c(N3CCNCC3)nc(C3=CCC=CC=C3O)nc2c1. The molecule has 0 amide bonds. The fourth-order valence-electron chi connectivity index (χ4n) is 3.28. The number of fused-ring (bicyclic) bond motifs is 1. The maximum Gasteiger partial charge on any atom is 0.165 e. The predicted molar refractivity (Wildman–Crippen MR) is 102 cm³/mol. The Balaban J connectivity index is 1.89. The molecule has 0 spiro atoms. The van der Waals surface area contributed by atoms with E-state index in [1.807, 2.05) is 18.2 Å². The fraction of sp³-hybridized carbons (Fsp3) is 0.300. The van der Waals surface area contributed by atoms with Crippen molar-refractivity contribution >= 4 is 22.3 Å². The molecule has 128 valence electrons. The molecule has 5 heteroatoms. The van der Waals surface area contributed by atoms with Crippen LogP contribution in [-0.2, 0) is 0 Å². The number of allylic oxidation sites excluding steroid dienone is 5. The van der Waals surface area contributed by atoms with E-state index in [4.69, 9.17) is 9.97 Å². The zero-order chi connectivity index (χ0) is 17.2. The molecule has 2 aromatic rings. The molecule has 4 rings (SSSR count). The molecule has 2 N–H and O–H groups in total. The van der Waals surface area contributed by atoms with Gasteiger partial charge in [-0.15, -0.1) is 0 Å². The van der Waals surface area contributed by atoms with Crippen LogP contribution in [-0.4, -0.2) is 41.3 Å². The topological polar surface area (TPSA) is 61.3 Å². The first-order chi connectivity index (χ1) is 12.2. The first-order valence-electron chi connectivity index (χ1n) is 8.73. The summed E-state index contributed by atoms with van der Waals surface area (Å²) in [5.74, 6) is 1.75. The number of nitrogens with zero attached hydrogens (tertiary/aromatic N) is 3. The number of hydrogen-bond acceptors (Lipinski definition) is 5. The Morgan fingerprint density at radius 2 is 2.00 bits per heavy atom. The highest BCUT2D eigenvalue weighted by Gasteiger charge is 2.19. The van der Waals surface area contributed by atoms with E-state index in [9.17, 15) is 5.11 Å². The molecule has 2 heterocycles. The van der Waals surface area contributed by atoms with Crippen LogP contribution in [0.4, 0.5) is 5.82 Å². The van der Waals surface area contributed by atoms with Crippen molar-refractivity contribution in [3.8, 4) is 0 Å². The second-order valence-corrected chi connectivity index (χ2v) is 6.46. The van der Waals surface area contributed by atoms with Crippen LogP contribution in [0, 0.1) is 6.92 Å². The summed E-state index contributed by atoms with van der Waals surface area (Å²) >= 11 is 0. The highest BCUT2D eigenvalue weighted by atomic mass is 16.3. The number of aliphatic hydroxyl groups excluding tert-OH is 1. The maximum atomic E-state index is 10.4. The summed E-state index contributed by atoms with van der Waals surface area (Å²) in [5.41, 5.74) is 2.79. The van der Waals surface area contributed by atoms with Gasteiger partial charge in [-0.05, 0) is 37.1 Å². The Labute approximate surface area is 147 Å². The molecule has 0 unspecified atom stereocenters. The van der Waals surface area contributed by atoms with Gasteiger partial charge < -0.3 is 15.3 Å². The van der Waals surface area contributed by atoms with Gasteiger partial charge >= 0.3 is 0 Å². The third-order valence-corrected chi connectivity index (χ3v) is 4.61. The van der Waals surface area contributed by atoms with Crippen LogP contribution >= 0.6 is 0 Å². The highest BCUT2D eigenvalue weighted by molar-refractivity contribution is 5.92. The standard InChI is InChI=1S/C20H22N4O/c1-14-7-8-15-17(13-14)22-19(16-5-3-2-4-6-18(16)25)23-20(15)24-11-9-21-10-12-24/h2,4-8,13,21,25H,3,9-12H2,1H3. The molecule has 25 heavy (non-hydrogen) atoms. The van der Waals surface area contributed by atoms with Gasteiger partial charge in [-0.3, -0.25) is 0 Å². The zero-order valence-electron chi connectivity index (χ0n) is 14.4. The van der Waals surface area contributed by atoms with Crippen molar-refractivity contribution in [1.82, 2.24) is 15.3 Å². The largest absolute Gasteiger partial charge is 0.507 e. The van der Waals surface area contributed by atoms with E-state index in [1.165, 1.54) is 5.56 Å². The van der Waals surface area contributed by atoms with Crippen molar-refractivity contribution in [3.05, 3.63) is 59.7 Å². The summed E-state index contributed by atoms with van der Waals surface area (Å²) in [4.78, 5) is 11.9. The van der Waals surface area contributed by atoms with Gasteiger partial charge in [0.1, 0.15) is 11.6 Å². The van der Waals surface area contributed by atoms with Crippen LogP contribution in [0.3, 0.4) is 0 Å². The summed E-state index contributed by atoms with van der Waals surface area (Å²) in [6, 6.07) is 6.29. The molecule has 5 nitrogen and oxygen atoms in total. The maximum absolute atomic E-state index is 10.4. The predicted octanol–water partition coefficient (Wildman–Crippen LogP) is 3.13. The molecule has 2 aliphatic rings. The van der Waals surface area contributed by atoms with Gasteiger partial charge in [0.15, 0.2) is 5.82 Å². The lowest BCUT2D eigenvalue weighted by atomic mass is 10.1. The van der Waals surface area contributed by atoms with Crippen molar-refractivity contribution in [3.63, 3.8) is 0 Å². The molecule has 0 radical (unpaired) electrons. The van der Waals surface area contributed by atoms with Crippen LogP contribution in [0.5, 0.6) is 0 Å². The Hall–Kier alpha value is -2.66. The minimum absolute atomic E-state index is 0.215. The molecule has 0 saturated carbocycles. The zero-order valence-corrected chi connectivity index (χ0v) is 14.4. The van der Waals surface area contributed by atoms with E-state index in [0.717, 1.165) is 49.3 Å². The average Bonchev–Trinajstić information content (AvgIpc) is 2.85. The molecule has 1 aliphatic carbocycles. The number of piperazine rings is 1. The van der Waals surface area contributed by atoms with Crippen LogP contribution < -0.4 is 10.2 Å². The second kappa shape index (κ2) is 6.69. The summed E-state index contributed by atoms with van der Waals surface area (Å²) in [6.07, 6.45) is 8.31. The molecule has 0 atom stereocenters. The van der Waals surface area contributed by atoms with E-state index in [0.29, 0.717) is 11.4 Å². The molecular formula is C20H22N4O. The smallest absolute Gasteiger partial charge is 0.165 e. The number of rotatable bonds is 2. The molecule has 1 aromatic heterocycles. The Morgan fingerprint density at radius 3 is 2.84 bits per heavy atom. The van der Waals surface area contributed by atoms with E-state index >= 15 is 0 Å². The number of anilines is 1. The highest BCUT2D eigenvalue weighted by Crippen LogP contribution is 2.29. The van der Waals surface area contributed by atoms with Crippen LogP contribution in [0.1, 0.15) is 17.8 Å². The summed E-state index contributed by atoms with van der Waals surface area (Å²) < 4.78 is 0. The van der Waals surface area contributed by atoms with Gasteiger partial charge in [0.2, 0.25) is 0 Å². The Morgan fingerprint density at radius 1 is 1.16 bits per heavy atom. The van der Waals surface area contributed by atoms with Crippen molar-refractivity contribution in [1.29, 1.82) is 0 Å². The quantitative estimate of drug-likeness (QED) is 0.883. The number of aliphatic hydroxyl groups is 1. The second-order valence-electron chi connectivity index (χ2n) is 6.46. The van der Waals surface area contributed by atoms with Gasteiger partial charge in [0.05, 0.1) is 11.1 Å². The first kappa shape index (κ1) is 15.8. The van der Waals surface area contributed by atoms with E-state index in [-0.39, 0.29) is 5.76 Å². The lowest BCUT2D eigenvalue weighted by Crippen LogP contribution is -2.44. The third-order valence-electron chi connectivity index (χ3n) is 4.61. The number of hydrogen-bond donors (Lipinski definition) is 2. The van der Waals surface area contributed by atoms with Gasteiger partial charge in [0, 0.05) is 31.6 Å². The van der Waals surface area contributed by atoms with Gasteiger partial charge in [-0.25, -0.2) is 9.97 Å². The minimum Gasteiger partial charge on any atom is -0.507 e. The van der Waals surface area contributed by atoms with E-state index in [1.54, 1.807) is 6.08 Å². The lowest BCUT2D eigenvalue weighted by Gasteiger charge is -2.29. The fourth-order valence-corrected chi connectivity index (χ4v) is 3.28. The van der Waals surface area contributed by atoms with E-state index in [2.05, 4.69) is 35.3 Å². The molecular weight excluding hydrogens is 312 g/mol. The van der Waals surface area contributed by atoms with Crippen LogP contribution in [0.2, 0.25) is 0 Å². The molecule has 1 fully saturated rings. The number of benzene rings is 1. The number of aromatic nitrogens is 2. The third kappa shape index (κ3) is 3.15. The lowest BCUT2D eigenvalue weighted by molar-refractivity contribution is 0.437.